The summed E-state index contributed by atoms with van der Waals surface area (Å²) in [5.74, 6) is 0. The molecule has 0 aliphatic rings. The van der Waals surface area contributed by atoms with E-state index in [9.17, 15) is 0 Å². The van der Waals surface area contributed by atoms with Crippen molar-refractivity contribution in [3.8, 4) is 16.3 Å². The summed E-state index contributed by atoms with van der Waals surface area (Å²) in [6, 6.07) is 11.2. The summed E-state index contributed by atoms with van der Waals surface area (Å²) in [5, 5.41) is 5.11. The predicted molar refractivity (Wildman–Crippen MR) is 81.3 cm³/mol. The second-order valence-corrected chi connectivity index (χ2v) is 6.06. The highest BCUT2D eigenvalue weighted by molar-refractivity contribution is 7.19. The first-order valence-electron chi connectivity index (χ1n) is 5.51. The van der Waals surface area contributed by atoms with Gasteiger partial charge in [-0.1, -0.05) is 35.3 Å². The van der Waals surface area contributed by atoms with Gasteiger partial charge in [0.15, 0.2) is 0 Å². The van der Waals surface area contributed by atoms with Gasteiger partial charge in [0, 0.05) is 0 Å². The Balaban J connectivity index is 2.10. The molecular formula is C13H9Cl2N3S. The topological polar surface area (TPSA) is 43.8 Å². The largest absolute Gasteiger partial charge is 0.396 e. The van der Waals surface area contributed by atoms with Crippen molar-refractivity contribution in [3.05, 3.63) is 52.0 Å². The Morgan fingerprint density at radius 1 is 1.11 bits per heavy atom. The first-order chi connectivity index (χ1) is 9.15. The van der Waals surface area contributed by atoms with Gasteiger partial charge in [0.2, 0.25) is 0 Å². The summed E-state index contributed by atoms with van der Waals surface area (Å²) in [6.07, 6.45) is 1.75. The first kappa shape index (κ1) is 12.5. The molecule has 0 bridgehead atoms. The van der Waals surface area contributed by atoms with Crippen molar-refractivity contribution >= 4 is 40.2 Å². The number of hydrogen-bond acceptors (Lipinski definition) is 3. The van der Waals surface area contributed by atoms with E-state index >= 15 is 0 Å². The number of para-hydroxylation sites is 1. The molecule has 2 heterocycles. The van der Waals surface area contributed by atoms with E-state index in [1.807, 2.05) is 36.4 Å². The number of halogens is 2. The van der Waals surface area contributed by atoms with Crippen LogP contribution in [0.25, 0.3) is 16.3 Å². The minimum atomic E-state index is 0.596. The molecule has 0 unspecified atom stereocenters. The lowest BCUT2D eigenvalue weighted by Gasteiger charge is -2.02. The highest BCUT2D eigenvalue weighted by Gasteiger charge is 2.12. The molecule has 6 heteroatoms. The number of nitrogen functional groups attached to an aromatic ring is 1. The average molecular weight is 310 g/mol. The summed E-state index contributed by atoms with van der Waals surface area (Å²) in [4.78, 5) is 0.938. The van der Waals surface area contributed by atoms with Crippen LogP contribution in [-0.4, -0.2) is 9.78 Å². The number of rotatable bonds is 2. The number of anilines is 1. The van der Waals surface area contributed by atoms with Crippen molar-refractivity contribution in [1.29, 1.82) is 0 Å². The Bertz CT molecular complexity index is 733. The van der Waals surface area contributed by atoms with Crippen LogP contribution in [0.3, 0.4) is 0 Å². The van der Waals surface area contributed by atoms with Crippen LogP contribution in [0.5, 0.6) is 0 Å². The lowest BCUT2D eigenvalue weighted by Crippen LogP contribution is -1.95. The number of thiophene rings is 1. The number of nitrogens with two attached hydrogens (primary N) is 1. The summed E-state index contributed by atoms with van der Waals surface area (Å²) < 4.78 is 2.39. The zero-order chi connectivity index (χ0) is 13.4. The number of nitrogens with zero attached hydrogens (tertiary/aromatic N) is 2. The maximum atomic E-state index is 6.15. The Morgan fingerprint density at radius 3 is 2.58 bits per heavy atom. The molecule has 2 aromatic heterocycles. The van der Waals surface area contributed by atoms with Crippen molar-refractivity contribution in [2.75, 3.05) is 5.73 Å². The SMILES string of the molecule is Nc1cn(-c2ccccc2Cl)nc1-c1ccc(Cl)s1. The van der Waals surface area contributed by atoms with Gasteiger partial charge in [-0.15, -0.1) is 11.3 Å². The average Bonchev–Trinajstić information content (AvgIpc) is 2.96. The van der Waals surface area contributed by atoms with Crippen molar-refractivity contribution in [2.45, 2.75) is 0 Å². The van der Waals surface area contributed by atoms with E-state index in [-0.39, 0.29) is 0 Å². The Morgan fingerprint density at radius 2 is 1.89 bits per heavy atom. The molecule has 3 aromatic rings. The molecule has 0 saturated heterocycles. The highest BCUT2D eigenvalue weighted by atomic mass is 35.5. The first-order valence-corrected chi connectivity index (χ1v) is 7.08. The molecule has 0 spiro atoms. The molecule has 0 radical (unpaired) electrons. The Labute approximate surface area is 124 Å². The lowest BCUT2D eigenvalue weighted by molar-refractivity contribution is 0.885. The van der Waals surface area contributed by atoms with Crippen LogP contribution in [0.15, 0.2) is 42.6 Å². The van der Waals surface area contributed by atoms with Gasteiger partial charge in [-0.25, -0.2) is 4.68 Å². The molecule has 3 rings (SSSR count). The summed E-state index contributed by atoms with van der Waals surface area (Å²) in [7, 11) is 0. The highest BCUT2D eigenvalue weighted by Crippen LogP contribution is 2.34. The zero-order valence-corrected chi connectivity index (χ0v) is 12.0. The number of aromatic nitrogens is 2. The summed E-state index contributed by atoms with van der Waals surface area (Å²) in [6.45, 7) is 0. The fourth-order valence-electron chi connectivity index (χ4n) is 1.78. The third-order valence-electron chi connectivity index (χ3n) is 2.65. The molecule has 0 amide bonds. The van der Waals surface area contributed by atoms with Crippen LogP contribution >= 0.6 is 34.5 Å². The molecular weight excluding hydrogens is 301 g/mol. The van der Waals surface area contributed by atoms with Crippen LogP contribution < -0.4 is 5.73 Å². The van der Waals surface area contributed by atoms with Crippen molar-refractivity contribution in [3.63, 3.8) is 0 Å². The third kappa shape index (κ3) is 2.34. The van der Waals surface area contributed by atoms with Gasteiger partial charge in [-0.3, -0.25) is 0 Å². The van der Waals surface area contributed by atoms with E-state index in [0.717, 1.165) is 16.3 Å². The molecule has 2 N–H and O–H groups in total. The van der Waals surface area contributed by atoms with Gasteiger partial charge in [-0.05, 0) is 24.3 Å². The number of benzene rings is 1. The Kier molecular flexibility index (Phi) is 3.22. The minimum Gasteiger partial charge on any atom is -0.396 e. The van der Waals surface area contributed by atoms with Crippen molar-refractivity contribution < 1.29 is 0 Å². The van der Waals surface area contributed by atoms with Crippen molar-refractivity contribution in [2.24, 2.45) is 0 Å². The smallest absolute Gasteiger partial charge is 0.126 e. The molecule has 0 aliphatic carbocycles. The molecule has 19 heavy (non-hydrogen) atoms. The van der Waals surface area contributed by atoms with Crippen LogP contribution in [0.1, 0.15) is 0 Å². The molecule has 0 atom stereocenters. The molecule has 96 valence electrons. The van der Waals surface area contributed by atoms with E-state index in [4.69, 9.17) is 28.9 Å². The van der Waals surface area contributed by atoms with Gasteiger partial charge < -0.3 is 5.73 Å². The van der Waals surface area contributed by atoms with Crippen LogP contribution in [0, 0.1) is 0 Å². The van der Waals surface area contributed by atoms with E-state index in [1.165, 1.54) is 11.3 Å². The standard InChI is InChI=1S/C13H9Cl2N3S/c14-8-3-1-2-4-10(8)18-7-9(16)13(17-18)11-5-6-12(15)19-11/h1-7H,16H2. The summed E-state index contributed by atoms with van der Waals surface area (Å²) in [5.41, 5.74) is 8.12. The molecule has 0 aliphatic heterocycles. The summed E-state index contributed by atoms with van der Waals surface area (Å²) >= 11 is 13.5. The number of hydrogen-bond donors (Lipinski definition) is 1. The van der Waals surface area contributed by atoms with Gasteiger partial charge in [0.25, 0.3) is 0 Å². The lowest BCUT2D eigenvalue weighted by atomic mass is 10.3. The zero-order valence-electron chi connectivity index (χ0n) is 9.68. The maximum Gasteiger partial charge on any atom is 0.126 e. The molecule has 1 aromatic carbocycles. The van der Waals surface area contributed by atoms with E-state index in [0.29, 0.717) is 15.0 Å². The molecule has 0 saturated carbocycles. The van der Waals surface area contributed by atoms with Gasteiger partial charge in [0.05, 0.1) is 31.8 Å². The normalized spacial score (nSPS) is 10.8. The van der Waals surface area contributed by atoms with E-state index in [2.05, 4.69) is 5.10 Å². The fourth-order valence-corrected chi connectivity index (χ4v) is 3.05. The Hall–Kier alpha value is -1.49. The second-order valence-electron chi connectivity index (χ2n) is 3.93. The molecule has 3 nitrogen and oxygen atoms in total. The van der Waals surface area contributed by atoms with Gasteiger partial charge >= 0.3 is 0 Å². The second kappa shape index (κ2) is 4.89. The monoisotopic (exact) mass is 309 g/mol. The van der Waals surface area contributed by atoms with Gasteiger partial charge in [-0.2, -0.15) is 5.10 Å². The third-order valence-corrected chi connectivity index (χ3v) is 4.21. The maximum absolute atomic E-state index is 6.15. The predicted octanol–water partition coefficient (Wildman–Crippen LogP) is 4.49. The quantitative estimate of drug-likeness (QED) is 0.758. The van der Waals surface area contributed by atoms with E-state index < -0.39 is 0 Å². The van der Waals surface area contributed by atoms with Crippen LogP contribution in [0.2, 0.25) is 9.36 Å². The van der Waals surface area contributed by atoms with E-state index in [1.54, 1.807) is 10.9 Å². The fraction of sp³-hybridized carbons (Fsp3) is 0. The van der Waals surface area contributed by atoms with Crippen LogP contribution in [0.4, 0.5) is 5.69 Å². The molecule has 0 fully saturated rings. The van der Waals surface area contributed by atoms with Crippen molar-refractivity contribution in [1.82, 2.24) is 9.78 Å². The van der Waals surface area contributed by atoms with Gasteiger partial charge in [0.1, 0.15) is 5.69 Å². The minimum absolute atomic E-state index is 0.596. The van der Waals surface area contributed by atoms with Crippen LogP contribution in [-0.2, 0) is 0 Å².